The molecule has 59 heavy (non-hydrogen) atoms. The van der Waals surface area contributed by atoms with Crippen LogP contribution in [-0.4, -0.2) is 0 Å². The van der Waals surface area contributed by atoms with Crippen LogP contribution < -0.4 is 4.90 Å². The Kier molecular flexibility index (Phi) is 9.68. The average Bonchev–Trinajstić information content (AvgIpc) is 3.32. The summed E-state index contributed by atoms with van der Waals surface area (Å²) < 4.78 is 0. The third-order valence-corrected chi connectivity index (χ3v) is 11.3. The topological polar surface area (TPSA) is 3.24 Å². The van der Waals surface area contributed by atoms with E-state index >= 15 is 0 Å². The van der Waals surface area contributed by atoms with Crippen LogP contribution in [0.2, 0.25) is 0 Å². The van der Waals surface area contributed by atoms with Crippen LogP contribution in [0.15, 0.2) is 249 Å². The summed E-state index contributed by atoms with van der Waals surface area (Å²) in [5, 5.41) is 2.50. The molecule has 1 heteroatoms. The number of rotatable bonds is 9. The summed E-state index contributed by atoms with van der Waals surface area (Å²) in [6, 6.07) is 89.8. The van der Waals surface area contributed by atoms with Crippen molar-refractivity contribution >= 4 is 27.8 Å². The Labute approximate surface area is 346 Å². The third-order valence-electron chi connectivity index (χ3n) is 11.3. The first-order valence-electron chi connectivity index (χ1n) is 20.3. The predicted molar refractivity (Wildman–Crippen MR) is 251 cm³/mol. The minimum atomic E-state index is 1.08. The maximum Gasteiger partial charge on any atom is 0.0467 e. The summed E-state index contributed by atoms with van der Waals surface area (Å²) in [6.45, 7) is 0. The zero-order valence-electron chi connectivity index (χ0n) is 32.6. The predicted octanol–water partition coefficient (Wildman–Crippen LogP) is 16.3. The smallest absolute Gasteiger partial charge is 0.0467 e. The largest absolute Gasteiger partial charge is 0.310 e. The molecule has 0 aliphatic rings. The van der Waals surface area contributed by atoms with Gasteiger partial charge in [0.05, 0.1) is 0 Å². The molecule has 0 spiro atoms. The van der Waals surface area contributed by atoms with Crippen molar-refractivity contribution < 1.29 is 0 Å². The van der Waals surface area contributed by atoms with Crippen molar-refractivity contribution in [3.8, 4) is 66.8 Å². The van der Waals surface area contributed by atoms with Gasteiger partial charge in [-0.1, -0.05) is 212 Å². The molecular weight excluding hydrogens is 711 g/mol. The van der Waals surface area contributed by atoms with E-state index in [9.17, 15) is 0 Å². The minimum Gasteiger partial charge on any atom is -0.310 e. The molecule has 1 nitrogen and oxygen atoms in total. The highest BCUT2D eigenvalue weighted by molar-refractivity contribution is 6.00. The molecule has 0 radical (unpaired) electrons. The summed E-state index contributed by atoms with van der Waals surface area (Å²) in [4.78, 5) is 2.38. The Balaban J connectivity index is 1.13. The molecule has 278 valence electrons. The van der Waals surface area contributed by atoms with Crippen LogP contribution in [0.4, 0.5) is 17.1 Å². The molecule has 0 aliphatic heterocycles. The zero-order valence-corrected chi connectivity index (χ0v) is 32.6. The molecule has 0 amide bonds. The number of benzene rings is 10. The van der Waals surface area contributed by atoms with Crippen LogP contribution in [0.3, 0.4) is 0 Å². The van der Waals surface area contributed by atoms with Gasteiger partial charge in [-0.25, -0.2) is 0 Å². The average molecular weight is 752 g/mol. The Morgan fingerprint density at radius 2 is 0.627 bits per heavy atom. The number of hydrogen-bond donors (Lipinski definition) is 0. The maximum atomic E-state index is 2.38. The lowest BCUT2D eigenvalue weighted by atomic mass is 9.84. The summed E-state index contributed by atoms with van der Waals surface area (Å²) in [7, 11) is 0. The molecule has 0 heterocycles. The van der Waals surface area contributed by atoms with E-state index < -0.39 is 0 Å². The van der Waals surface area contributed by atoms with Crippen molar-refractivity contribution in [3.05, 3.63) is 249 Å². The zero-order chi connectivity index (χ0) is 39.4. The van der Waals surface area contributed by atoms with Gasteiger partial charge in [0, 0.05) is 17.1 Å². The fraction of sp³-hybridized carbons (Fsp3) is 0. The van der Waals surface area contributed by atoms with E-state index in [0.717, 1.165) is 22.6 Å². The molecule has 0 saturated heterocycles. The molecule has 0 bridgehead atoms. The second-order valence-electron chi connectivity index (χ2n) is 14.9. The van der Waals surface area contributed by atoms with E-state index in [0.29, 0.717) is 0 Å². The van der Waals surface area contributed by atoms with E-state index in [1.165, 1.54) is 72.0 Å². The second kappa shape index (κ2) is 16.0. The normalized spacial score (nSPS) is 11.1. The Bertz CT molecular complexity index is 3000. The highest BCUT2D eigenvalue weighted by Crippen LogP contribution is 2.46. The molecule has 0 fully saturated rings. The molecule has 0 aliphatic carbocycles. The van der Waals surface area contributed by atoms with Crippen LogP contribution in [0.1, 0.15) is 0 Å². The molecular formula is C58H41N. The van der Waals surface area contributed by atoms with Crippen molar-refractivity contribution in [1.29, 1.82) is 0 Å². The summed E-state index contributed by atoms with van der Waals surface area (Å²) in [5.74, 6) is 0. The number of nitrogens with zero attached hydrogens (tertiary/aromatic N) is 1. The van der Waals surface area contributed by atoms with Gasteiger partial charge in [-0.15, -0.1) is 0 Å². The number of hydrogen-bond acceptors (Lipinski definition) is 1. The van der Waals surface area contributed by atoms with E-state index in [1.807, 2.05) is 0 Å². The van der Waals surface area contributed by atoms with Crippen molar-refractivity contribution in [2.24, 2.45) is 0 Å². The van der Waals surface area contributed by atoms with Gasteiger partial charge in [-0.2, -0.15) is 0 Å². The second-order valence-corrected chi connectivity index (χ2v) is 14.9. The quantitative estimate of drug-likeness (QED) is 0.142. The van der Waals surface area contributed by atoms with E-state index in [-0.39, 0.29) is 0 Å². The lowest BCUT2D eigenvalue weighted by Crippen LogP contribution is -2.10. The summed E-state index contributed by atoms with van der Waals surface area (Å²) in [6.07, 6.45) is 0. The van der Waals surface area contributed by atoms with Crippen LogP contribution >= 0.6 is 0 Å². The lowest BCUT2D eigenvalue weighted by molar-refractivity contribution is 1.28. The summed E-state index contributed by atoms with van der Waals surface area (Å²) >= 11 is 0. The first-order valence-corrected chi connectivity index (χ1v) is 20.3. The van der Waals surface area contributed by atoms with Crippen LogP contribution in [0.25, 0.3) is 77.5 Å². The monoisotopic (exact) mass is 751 g/mol. The highest BCUT2D eigenvalue weighted by atomic mass is 15.1. The van der Waals surface area contributed by atoms with Gasteiger partial charge in [0.1, 0.15) is 0 Å². The van der Waals surface area contributed by atoms with Gasteiger partial charge in [-0.3, -0.25) is 0 Å². The molecule has 0 saturated carbocycles. The van der Waals surface area contributed by atoms with E-state index in [2.05, 4.69) is 254 Å². The third kappa shape index (κ3) is 7.12. The summed E-state index contributed by atoms with van der Waals surface area (Å²) in [5.41, 5.74) is 17.6. The van der Waals surface area contributed by atoms with E-state index in [4.69, 9.17) is 0 Å². The fourth-order valence-corrected chi connectivity index (χ4v) is 8.47. The molecule has 10 aromatic carbocycles. The fourth-order valence-electron chi connectivity index (χ4n) is 8.47. The number of anilines is 3. The Morgan fingerprint density at radius 3 is 1.31 bits per heavy atom. The van der Waals surface area contributed by atoms with Gasteiger partial charge in [0.25, 0.3) is 0 Å². The number of fused-ring (bicyclic) bond motifs is 1. The van der Waals surface area contributed by atoms with Gasteiger partial charge in [-0.05, 0) is 114 Å². The van der Waals surface area contributed by atoms with Gasteiger partial charge >= 0.3 is 0 Å². The van der Waals surface area contributed by atoms with Gasteiger partial charge in [0.15, 0.2) is 0 Å². The standard InChI is InChI=1S/C58H41N/c1-4-17-42(18-5-1)43-33-37-49(38-34-43)59(50-39-35-47(36-40-50)53-30-15-24-45-23-10-11-27-52(45)53)51-26-14-25-48(41-51)56-32-16-31-55(46-21-8-3-9-22-46)58(56)57-29-13-12-28-54(57)44-19-6-2-7-20-44/h1-41H. The van der Waals surface area contributed by atoms with E-state index in [1.54, 1.807) is 0 Å². The molecule has 0 N–H and O–H groups in total. The van der Waals surface area contributed by atoms with Gasteiger partial charge < -0.3 is 4.90 Å². The molecule has 0 unspecified atom stereocenters. The van der Waals surface area contributed by atoms with Crippen LogP contribution in [0.5, 0.6) is 0 Å². The van der Waals surface area contributed by atoms with Crippen molar-refractivity contribution in [3.63, 3.8) is 0 Å². The lowest BCUT2D eigenvalue weighted by Gasteiger charge is -2.27. The SMILES string of the molecule is c1ccc(-c2ccc(N(c3ccc(-c4cccc5ccccc45)cc3)c3cccc(-c4cccc(-c5ccccc5)c4-c4ccccc4-c4ccccc4)c3)cc2)cc1. The highest BCUT2D eigenvalue weighted by Gasteiger charge is 2.20. The van der Waals surface area contributed by atoms with Gasteiger partial charge in [0.2, 0.25) is 0 Å². The van der Waals surface area contributed by atoms with Crippen LogP contribution in [-0.2, 0) is 0 Å². The van der Waals surface area contributed by atoms with Crippen molar-refractivity contribution in [1.82, 2.24) is 0 Å². The molecule has 10 rings (SSSR count). The minimum absolute atomic E-state index is 1.08. The maximum absolute atomic E-state index is 2.38. The van der Waals surface area contributed by atoms with Crippen molar-refractivity contribution in [2.75, 3.05) is 4.90 Å². The molecule has 0 atom stereocenters. The Hall–Kier alpha value is -7.74. The first-order chi connectivity index (χ1) is 29.3. The molecule has 0 aromatic heterocycles. The first kappa shape index (κ1) is 35.7. The Morgan fingerprint density at radius 1 is 0.220 bits per heavy atom. The molecule has 10 aromatic rings. The van der Waals surface area contributed by atoms with Crippen LogP contribution in [0, 0.1) is 0 Å². The van der Waals surface area contributed by atoms with Crippen molar-refractivity contribution in [2.45, 2.75) is 0 Å².